The van der Waals surface area contributed by atoms with Gasteiger partial charge < -0.3 is 4.74 Å². The lowest BCUT2D eigenvalue weighted by atomic mass is 9.90. The zero-order valence-corrected chi connectivity index (χ0v) is 10.2. The fraction of sp³-hybridized carbons (Fsp3) is 0.333. The highest BCUT2D eigenvalue weighted by atomic mass is 35.5. The summed E-state index contributed by atoms with van der Waals surface area (Å²) in [7, 11) is 0. The first kappa shape index (κ1) is 13.9. The molecule has 2 rings (SSSR count). The minimum Gasteiger partial charge on any atom is -0.393 e. The minimum absolute atomic E-state index is 0.120. The molecule has 1 aromatic carbocycles. The first-order chi connectivity index (χ1) is 8.77. The molecule has 1 heterocycles. The maximum absolute atomic E-state index is 12.7. The molecule has 0 atom stereocenters. The third kappa shape index (κ3) is 3.07. The van der Waals surface area contributed by atoms with E-state index in [0.717, 1.165) is 12.1 Å². The molecule has 3 nitrogen and oxygen atoms in total. The molecule has 102 valence electrons. The van der Waals surface area contributed by atoms with Gasteiger partial charge >= 0.3 is 18.1 Å². The second-order valence-corrected chi connectivity index (χ2v) is 4.60. The topological polar surface area (TPSA) is 43.4 Å². The molecule has 19 heavy (non-hydrogen) atoms. The zero-order chi connectivity index (χ0) is 14.2. The molecule has 1 aliphatic rings. The van der Waals surface area contributed by atoms with Crippen molar-refractivity contribution in [3.63, 3.8) is 0 Å². The smallest absolute Gasteiger partial charge is 0.393 e. The highest BCUT2D eigenvalue weighted by Gasteiger charge is 2.35. The van der Waals surface area contributed by atoms with E-state index in [9.17, 15) is 22.8 Å². The zero-order valence-electron chi connectivity index (χ0n) is 9.46. The SMILES string of the molecule is O=C1CC(c2ccc(Cl)c(C(F)(F)F)c2)CC(=O)O1. The van der Waals surface area contributed by atoms with Crippen LogP contribution in [0.25, 0.3) is 0 Å². The average Bonchev–Trinajstić information content (AvgIpc) is 2.26. The predicted molar refractivity (Wildman–Crippen MR) is 59.5 cm³/mol. The number of alkyl halides is 3. The molecule has 7 heteroatoms. The number of hydrogen-bond acceptors (Lipinski definition) is 3. The van der Waals surface area contributed by atoms with E-state index >= 15 is 0 Å². The van der Waals surface area contributed by atoms with Gasteiger partial charge in [0, 0.05) is 5.92 Å². The molecule has 0 N–H and O–H groups in total. The summed E-state index contributed by atoms with van der Waals surface area (Å²) in [6, 6.07) is 3.37. The molecule has 0 unspecified atom stereocenters. The summed E-state index contributed by atoms with van der Waals surface area (Å²) in [6.45, 7) is 0. The highest BCUT2D eigenvalue weighted by Crippen LogP contribution is 2.38. The number of carbonyl (C=O) groups is 2. The molecule has 1 aliphatic heterocycles. The van der Waals surface area contributed by atoms with Gasteiger partial charge in [-0.3, -0.25) is 9.59 Å². The van der Waals surface area contributed by atoms with Crippen LogP contribution in [0, 0.1) is 0 Å². The largest absolute Gasteiger partial charge is 0.417 e. The number of ether oxygens (including phenoxy) is 1. The maximum Gasteiger partial charge on any atom is 0.417 e. The number of esters is 2. The Labute approximate surface area is 111 Å². The molecule has 0 aliphatic carbocycles. The normalized spacial score (nSPS) is 17.5. The van der Waals surface area contributed by atoms with Crippen LogP contribution in [-0.4, -0.2) is 11.9 Å². The Kier molecular flexibility index (Phi) is 3.54. The van der Waals surface area contributed by atoms with Crippen molar-refractivity contribution in [3.05, 3.63) is 34.3 Å². The van der Waals surface area contributed by atoms with Gasteiger partial charge in [-0.15, -0.1) is 0 Å². The summed E-state index contributed by atoms with van der Waals surface area (Å²) >= 11 is 5.50. The Morgan fingerprint density at radius 3 is 2.26 bits per heavy atom. The van der Waals surface area contributed by atoms with E-state index in [2.05, 4.69) is 4.74 Å². The van der Waals surface area contributed by atoms with Crippen molar-refractivity contribution in [3.8, 4) is 0 Å². The van der Waals surface area contributed by atoms with E-state index in [-0.39, 0.29) is 18.4 Å². The van der Waals surface area contributed by atoms with Crippen molar-refractivity contribution in [1.29, 1.82) is 0 Å². The number of hydrogen-bond donors (Lipinski definition) is 0. The van der Waals surface area contributed by atoms with Gasteiger partial charge in [0.15, 0.2) is 0 Å². The van der Waals surface area contributed by atoms with Crippen LogP contribution in [-0.2, 0) is 20.5 Å². The standard InChI is InChI=1S/C12H8ClF3O3/c13-9-2-1-6(3-8(9)12(14,15)16)7-4-10(17)19-11(18)5-7/h1-3,7H,4-5H2. The summed E-state index contributed by atoms with van der Waals surface area (Å²) in [5, 5.41) is -0.416. The van der Waals surface area contributed by atoms with Gasteiger partial charge in [0.25, 0.3) is 0 Å². The minimum atomic E-state index is -4.58. The second kappa shape index (κ2) is 4.85. The van der Waals surface area contributed by atoms with E-state index in [1.807, 2.05) is 0 Å². The van der Waals surface area contributed by atoms with E-state index in [1.54, 1.807) is 0 Å². The molecule has 1 fully saturated rings. The summed E-state index contributed by atoms with van der Waals surface area (Å²) < 4.78 is 42.5. The van der Waals surface area contributed by atoms with Crippen LogP contribution < -0.4 is 0 Å². The van der Waals surface area contributed by atoms with Gasteiger partial charge in [-0.1, -0.05) is 17.7 Å². The Morgan fingerprint density at radius 1 is 1.16 bits per heavy atom. The first-order valence-corrected chi connectivity index (χ1v) is 5.75. The van der Waals surface area contributed by atoms with E-state index in [0.29, 0.717) is 0 Å². The predicted octanol–water partition coefficient (Wildman–Crippen LogP) is 3.31. The molecule has 1 aromatic rings. The molecule has 0 spiro atoms. The van der Waals surface area contributed by atoms with Crippen molar-refractivity contribution < 1.29 is 27.5 Å². The van der Waals surface area contributed by atoms with Gasteiger partial charge in [-0.2, -0.15) is 13.2 Å². The number of benzene rings is 1. The number of carbonyl (C=O) groups excluding carboxylic acids is 2. The van der Waals surface area contributed by atoms with Crippen LogP contribution in [0.4, 0.5) is 13.2 Å². The second-order valence-electron chi connectivity index (χ2n) is 4.19. The third-order valence-corrected chi connectivity index (χ3v) is 3.15. The summed E-state index contributed by atoms with van der Waals surface area (Å²) in [5.74, 6) is -2.07. The molecule has 0 radical (unpaired) electrons. The lowest BCUT2D eigenvalue weighted by Crippen LogP contribution is -2.24. The summed E-state index contributed by atoms with van der Waals surface area (Å²) in [4.78, 5) is 22.2. The van der Waals surface area contributed by atoms with Crippen molar-refractivity contribution >= 4 is 23.5 Å². The Balaban J connectivity index is 2.36. The monoisotopic (exact) mass is 292 g/mol. The van der Waals surface area contributed by atoms with Crippen molar-refractivity contribution in [1.82, 2.24) is 0 Å². The van der Waals surface area contributed by atoms with Gasteiger partial charge in [-0.25, -0.2) is 0 Å². The van der Waals surface area contributed by atoms with E-state index in [4.69, 9.17) is 11.6 Å². The average molecular weight is 293 g/mol. The molecular weight excluding hydrogens is 285 g/mol. The van der Waals surface area contributed by atoms with Crippen LogP contribution in [0.2, 0.25) is 5.02 Å². The lowest BCUT2D eigenvalue weighted by Gasteiger charge is -2.21. The van der Waals surface area contributed by atoms with Crippen molar-refractivity contribution in [2.45, 2.75) is 24.9 Å². The third-order valence-electron chi connectivity index (χ3n) is 2.82. The number of rotatable bonds is 1. The van der Waals surface area contributed by atoms with Crippen LogP contribution in [0.15, 0.2) is 18.2 Å². The van der Waals surface area contributed by atoms with Gasteiger partial charge in [0.1, 0.15) is 0 Å². The van der Waals surface area contributed by atoms with E-state index in [1.165, 1.54) is 6.07 Å². The Morgan fingerprint density at radius 2 is 1.74 bits per heavy atom. The Hall–Kier alpha value is -1.56. The van der Waals surface area contributed by atoms with Crippen LogP contribution >= 0.6 is 11.6 Å². The fourth-order valence-corrected chi connectivity index (χ4v) is 2.16. The van der Waals surface area contributed by atoms with Crippen molar-refractivity contribution in [2.75, 3.05) is 0 Å². The molecule has 0 amide bonds. The molecular formula is C12H8ClF3O3. The van der Waals surface area contributed by atoms with Gasteiger partial charge in [0.05, 0.1) is 23.4 Å². The molecule has 0 aromatic heterocycles. The summed E-state index contributed by atoms with van der Waals surface area (Å²) in [5.41, 5.74) is -0.722. The maximum atomic E-state index is 12.7. The van der Waals surface area contributed by atoms with Crippen molar-refractivity contribution in [2.24, 2.45) is 0 Å². The van der Waals surface area contributed by atoms with Crippen LogP contribution in [0.5, 0.6) is 0 Å². The first-order valence-electron chi connectivity index (χ1n) is 5.37. The van der Waals surface area contributed by atoms with Gasteiger partial charge in [-0.05, 0) is 17.7 Å². The van der Waals surface area contributed by atoms with Crippen LogP contribution in [0.1, 0.15) is 29.9 Å². The molecule has 1 saturated heterocycles. The van der Waals surface area contributed by atoms with Crippen LogP contribution in [0.3, 0.4) is 0 Å². The fourth-order valence-electron chi connectivity index (χ4n) is 1.93. The summed E-state index contributed by atoms with van der Waals surface area (Å²) in [6.07, 6.45) is -4.82. The van der Waals surface area contributed by atoms with Gasteiger partial charge in [0.2, 0.25) is 0 Å². The van der Waals surface area contributed by atoms with E-state index < -0.39 is 34.6 Å². The quantitative estimate of drug-likeness (QED) is 0.589. The molecule has 0 bridgehead atoms. The number of cyclic esters (lactones) is 2. The number of halogens is 4. The Bertz CT molecular complexity index is 524. The highest BCUT2D eigenvalue weighted by molar-refractivity contribution is 6.31. The molecule has 0 saturated carbocycles. The lowest BCUT2D eigenvalue weighted by molar-refractivity contribution is -0.163.